The summed E-state index contributed by atoms with van der Waals surface area (Å²) in [6.45, 7) is 0.873. The van der Waals surface area contributed by atoms with Gasteiger partial charge in [-0.05, 0) is 31.5 Å². The fourth-order valence-electron chi connectivity index (χ4n) is 2.17. The van der Waals surface area contributed by atoms with E-state index >= 15 is 0 Å². The molecule has 1 aromatic rings. The summed E-state index contributed by atoms with van der Waals surface area (Å²) in [6, 6.07) is 3.76. The van der Waals surface area contributed by atoms with Crippen LogP contribution in [-0.2, 0) is 4.79 Å². The van der Waals surface area contributed by atoms with Crippen molar-refractivity contribution in [3.05, 3.63) is 29.6 Å². The van der Waals surface area contributed by atoms with Crippen molar-refractivity contribution in [3.63, 3.8) is 0 Å². The van der Waals surface area contributed by atoms with Gasteiger partial charge in [-0.25, -0.2) is 9.18 Å². The molecular weight excluding hydrogens is 251 g/mol. The van der Waals surface area contributed by atoms with Crippen molar-refractivity contribution in [2.45, 2.75) is 25.3 Å². The molecule has 2 rings (SSSR count). The van der Waals surface area contributed by atoms with Gasteiger partial charge >= 0.3 is 5.97 Å². The summed E-state index contributed by atoms with van der Waals surface area (Å²) >= 11 is 0. The van der Waals surface area contributed by atoms with Crippen molar-refractivity contribution in [1.82, 2.24) is 5.32 Å². The fourth-order valence-corrected chi connectivity index (χ4v) is 2.17. The lowest BCUT2D eigenvalue weighted by Crippen LogP contribution is -2.28. The van der Waals surface area contributed by atoms with Gasteiger partial charge in [0.25, 0.3) is 0 Å². The Labute approximate surface area is 109 Å². The lowest BCUT2D eigenvalue weighted by Gasteiger charge is -2.12. The number of aromatic carboxylic acids is 1. The molecule has 19 heavy (non-hydrogen) atoms. The lowest BCUT2D eigenvalue weighted by molar-refractivity contribution is -0.116. The average Bonchev–Trinajstić information content (AvgIpc) is 2.84. The number of anilines is 1. The van der Waals surface area contributed by atoms with Crippen molar-refractivity contribution in [1.29, 1.82) is 0 Å². The minimum absolute atomic E-state index is 0.0834. The van der Waals surface area contributed by atoms with Gasteiger partial charge in [-0.3, -0.25) is 4.79 Å². The topological polar surface area (TPSA) is 78.4 Å². The van der Waals surface area contributed by atoms with Crippen molar-refractivity contribution in [2.75, 3.05) is 11.9 Å². The third-order valence-corrected chi connectivity index (χ3v) is 3.10. The number of carboxylic acid groups (broad SMARTS) is 1. The molecule has 0 aliphatic carbocycles. The molecule has 0 aromatic heterocycles. The molecule has 1 fully saturated rings. The zero-order chi connectivity index (χ0) is 13.8. The summed E-state index contributed by atoms with van der Waals surface area (Å²) in [5.74, 6) is -2.39. The van der Waals surface area contributed by atoms with Crippen LogP contribution in [0, 0.1) is 5.82 Å². The molecule has 1 aromatic carbocycles. The molecule has 0 radical (unpaired) electrons. The second-order valence-electron chi connectivity index (χ2n) is 4.51. The maximum atomic E-state index is 13.6. The molecule has 6 heteroatoms. The van der Waals surface area contributed by atoms with Crippen molar-refractivity contribution in [3.8, 4) is 0 Å². The number of rotatable bonds is 4. The Bertz CT molecular complexity index is 499. The zero-order valence-corrected chi connectivity index (χ0v) is 10.3. The van der Waals surface area contributed by atoms with Crippen LogP contribution in [0.15, 0.2) is 18.2 Å². The summed E-state index contributed by atoms with van der Waals surface area (Å²) in [7, 11) is 0. The molecule has 102 valence electrons. The Kier molecular flexibility index (Phi) is 4.11. The van der Waals surface area contributed by atoms with Crippen LogP contribution in [0.25, 0.3) is 0 Å². The Morgan fingerprint density at radius 3 is 2.89 bits per heavy atom. The van der Waals surface area contributed by atoms with Gasteiger partial charge in [0.15, 0.2) is 0 Å². The smallest absolute Gasteiger partial charge is 0.337 e. The second kappa shape index (κ2) is 5.79. The molecule has 5 nitrogen and oxygen atoms in total. The van der Waals surface area contributed by atoms with E-state index in [1.807, 2.05) is 0 Å². The zero-order valence-electron chi connectivity index (χ0n) is 10.3. The number of hydrogen-bond donors (Lipinski definition) is 3. The van der Waals surface area contributed by atoms with Gasteiger partial charge in [0.05, 0.1) is 11.3 Å². The molecule has 3 N–H and O–H groups in total. The minimum Gasteiger partial charge on any atom is -0.478 e. The largest absolute Gasteiger partial charge is 0.478 e. The Balaban J connectivity index is 2.09. The molecule has 1 heterocycles. The van der Waals surface area contributed by atoms with E-state index in [1.54, 1.807) is 0 Å². The number of carboxylic acids is 1. The first-order valence-corrected chi connectivity index (χ1v) is 6.13. The highest BCUT2D eigenvalue weighted by atomic mass is 19.1. The summed E-state index contributed by atoms with van der Waals surface area (Å²) in [5, 5.41) is 14.5. The number of amides is 1. The Hall–Kier alpha value is -1.95. The normalized spacial score (nSPS) is 18.3. The molecule has 1 atom stereocenters. The van der Waals surface area contributed by atoms with E-state index in [1.165, 1.54) is 12.1 Å². The van der Waals surface area contributed by atoms with Crippen LogP contribution in [0.3, 0.4) is 0 Å². The highest BCUT2D eigenvalue weighted by Crippen LogP contribution is 2.20. The van der Waals surface area contributed by atoms with Gasteiger partial charge in [0, 0.05) is 12.5 Å². The maximum Gasteiger partial charge on any atom is 0.337 e. The van der Waals surface area contributed by atoms with Gasteiger partial charge in [0.1, 0.15) is 5.82 Å². The van der Waals surface area contributed by atoms with Crippen LogP contribution in [0.5, 0.6) is 0 Å². The first-order chi connectivity index (χ1) is 9.08. The van der Waals surface area contributed by atoms with Gasteiger partial charge in [-0.1, -0.05) is 6.07 Å². The van der Waals surface area contributed by atoms with Gasteiger partial charge in [-0.2, -0.15) is 0 Å². The number of carbonyl (C=O) groups excluding carboxylic acids is 1. The standard InChI is InChI=1S/C13H15FN2O3/c14-10-5-1-4-9(13(18)19)12(10)16-11(17)7-8-3-2-6-15-8/h1,4-5,8,15H,2-3,6-7H2,(H,16,17)(H,18,19). The van der Waals surface area contributed by atoms with Gasteiger partial charge in [0.2, 0.25) is 5.91 Å². The highest BCUT2D eigenvalue weighted by Gasteiger charge is 2.20. The van der Waals surface area contributed by atoms with Crippen LogP contribution in [0.1, 0.15) is 29.6 Å². The van der Waals surface area contributed by atoms with Crippen LogP contribution < -0.4 is 10.6 Å². The predicted molar refractivity (Wildman–Crippen MR) is 67.6 cm³/mol. The first-order valence-electron chi connectivity index (χ1n) is 6.13. The van der Waals surface area contributed by atoms with Gasteiger partial charge in [-0.15, -0.1) is 0 Å². The number of nitrogens with one attached hydrogen (secondary N) is 2. The Morgan fingerprint density at radius 1 is 1.47 bits per heavy atom. The molecule has 0 spiro atoms. The van der Waals surface area contributed by atoms with E-state index in [0.29, 0.717) is 0 Å². The van der Waals surface area contributed by atoms with Crippen LogP contribution in [0.4, 0.5) is 10.1 Å². The Morgan fingerprint density at radius 2 is 2.26 bits per heavy atom. The number of halogens is 1. The highest BCUT2D eigenvalue weighted by molar-refractivity contribution is 6.00. The summed E-state index contributed by atoms with van der Waals surface area (Å²) in [5.41, 5.74) is -0.509. The van der Waals surface area contributed by atoms with E-state index in [4.69, 9.17) is 5.11 Å². The summed E-state index contributed by atoms with van der Waals surface area (Å²) in [6.07, 6.45) is 2.13. The summed E-state index contributed by atoms with van der Waals surface area (Å²) < 4.78 is 13.6. The number of benzene rings is 1. The van der Waals surface area contributed by atoms with E-state index < -0.39 is 11.8 Å². The van der Waals surface area contributed by atoms with Crippen molar-refractivity contribution >= 4 is 17.6 Å². The molecule has 1 unspecified atom stereocenters. The number of carbonyl (C=O) groups is 2. The molecule has 1 aliphatic rings. The average molecular weight is 266 g/mol. The third kappa shape index (κ3) is 3.29. The number of para-hydroxylation sites is 1. The predicted octanol–water partition coefficient (Wildman–Crippen LogP) is 1.60. The first kappa shape index (κ1) is 13.5. The third-order valence-electron chi connectivity index (χ3n) is 3.10. The van der Waals surface area contributed by atoms with E-state index in [0.717, 1.165) is 25.5 Å². The molecule has 0 saturated carbocycles. The monoisotopic (exact) mass is 266 g/mol. The number of hydrogen-bond acceptors (Lipinski definition) is 3. The van der Waals surface area contributed by atoms with E-state index in [9.17, 15) is 14.0 Å². The van der Waals surface area contributed by atoms with E-state index in [-0.39, 0.29) is 29.6 Å². The molecule has 1 saturated heterocycles. The van der Waals surface area contributed by atoms with Crippen LogP contribution in [-0.4, -0.2) is 29.6 Å². The molecular formula is C13H15FN2O3. The van der Waals surface area contributed by atoms with Gasteiger partial charge < -0.3 is 15.7 Å². The molecule has 0 bridgehead atoms. The minimum atomic E-state index is -1.27. The maximum absolute atomic E-state index is 13.6. The van der Waals surface area contributed by atoms with Crippen LogP contribution >= 0.6 is 0 Å². The quantitative estimate of drug-likeness (QED) is 0.773. The van der Waals surface area contributed by atoms with Crippen LogP contribution in [0.2, 0.25) is 0 Å². The van der Waals surface area contributed by atoms with Crippen molar-refractivity contribution in [2.24, 2.45) is 0 Å². The fraction of sp³-hybridized carbons (Fsp3) is 0.385. The van der Waals surface area contributed by atoms with Crippen molar-refractivity contribution < 1.29 is 19.1 Å². The molecule has 1 aliphatic heterocycles. The second-order valence-corrected chi connectivity index (χ2v) is 4.51. The van der Waals surface area contributed by atoms with E-state index in [2.05, 4.69) is 10.6 Å². The lowest BCUT2D eigenvalue weighted by atomic mass is 10.1. The summed E-state index contributed by atoms with van der Waals surface area (Å²) in [4.78, 5) is 22.8. The molecule has 1 amide bonds. The SMILES string of the molecule is O=C(CC1CCCN1)Nc1c(F)cccc1C(=O)O.